The molecule has 0 bridgehead atoms. The molecule has 2 N–H and O–H groups in total. The van der Waals surface area contributed by atoms with E-state index in [2.05, 4.69) is 26.5 Å². The Hall–Kier alpha value is -3.05. The van der Waals surface area contributed by atoms with E-state index in [0.29, 0.717) is 17.3 Å². The predicted molar refractivity (Wildman–Crippen MR) is 90.8 cm³/mol. The molecule has 0 saturated heterocycles. The van der Waals surface area contributed by atoms with Crippen LogP contribution in [0.15, 0.2) is 36.5 Å². The van der Waals surface area contributed by atoms with Gasteiger partial charge in [-0.3, -0.25) is 0 Å². The van der Waals surface area contributed by atoms with Crippen molar-refractivity contribution in [3.8, 4) is 6.07 Å². The molecule has 0 radical (unpaired) electrons. The summed E-state index contributed by atoms with van der Waals surface area (Å²) in [5.74, 6) is 0.788. The average Bonchev–Trinajstić information content (AvgIpc) is 3.09. The van der Waals surface area contributed by atoms with Gasteiger partial charge in [-0.05, 0) is 25.0 Å². The second-order valence-corrected chi connectivity index (χ2v) is 5.64. The summed E-state index contributed by atoms with van der Waals surface area (Å²) < 4.78 is 0. The zero-order chi connectivity index (χ0) is 16.1. The van der Waals surface area contributed by atoms with Gasteiger partial charge in [-0.1, -0.05) is 25.0 Å². The van der Waals surface area contributed by atoms with E-state index in [1.165, 1.54) is 25.7 Å². The lowest BCUT2D eigenvalue weighted by atomic mass is 10.2. The monoisotopic (exact) mass is 303 g/mol. The maximum absolute atomic E-state index is 9.26. The molecule has 1 heterocycles. The molecule has 114 valence electrons. The first kappa shape index (κ1) is 14.9. The molecule has 2 aromatic rings. The molecular formula is C18H17N5. The second-order valence-electron chi connectivity index (χ2n) is 5.64. The van der Waals surface area contributed by atoms with Gasteiger partial charge in [-0.25, -0.2) is 9.83 Å². The predicted octanol–water partition coefficient (Wildman–Crippen LogP) is 4.60. The summed E-state index contributed by atoms with van der Waals surface area (Å²) in [6.45, 7) is 6.98. The van der Waals surface area contributed by atoms with E-state index in [9.17, 15) is 5.26 Å². The Bertz CT molecular complexity index is 761. The quantitative estimate of drug-likeness (QED) is 0.810. The van der Waals surface area contributed by atoms with E-state index in [0.717, 1.165) is 17.2 Å². The first-order valence-electron chi connectivity index (χ1n) is 7.70. The highest BCUT2D eigenvalue weighted by Gasteiger charge is 2.15. The lowest BCUT2D eigenvalue weighted by molar-refractivity contribution is 0.750. The Kier molecular flexibility index (Phi) is 4.40. The first-order valence-corrected chi connectivity index (χ1v) is 7.70. The van der Waals surface area contributed by atoms with E-state index in [4.69, 9.17) is 6.57 Å². The van der Waals surface area contributed by atoms with Crippen molar-refractivity contribution in [2.24, 2.45) is 0 Å². The second kappa shape index (κ2) is 6.81. The number of rotatable bonds is 4. The van der Waals surface area contributed by atoms with Crippen LogP contribution in [0.4, 0.5) is 22.9 Å². The minimum Gasteiger partial charge on any atom is -0.367 e. The van der Waals surface area contributed by atoms with Crippen molar-refractivity contribution in [2.75, 3.05) is 10.6 Å². The van der Waals surface area contributed by atoms with Crippen molar-refractivity contribution in [2.45, 2.75) is 31.7 Å². The van der Waals surface area contributed by atoms with Crippen molar-refractivity contribution in [1.82, 2.24) is 4.98 Å². The van der Waals surface area contributed by atoms with E-state index in [-0.39, 0.29) is 0 Å². The third-order valence-corrected chi connectivity index (χ3v) is 4.01. The van der Waals surface area contributed by atoms with E-state index >= 15 is 0 Å². The number of pyridine rings is 1. The van der Waals surface area contributed by atoms with Crippen LogP contribution in [0.25, 0.3) is 4.85 Å². The number of aromatic nitrogens is 1. The molecule has 1 aliphatic rings. The van der Waals surface area contributed by atoms with Gasteiger partial charge in [-0.2, -0.15) is 5.26 Å². The summed E-state index contributed by atoms with van der Waals surface area (Å²) in [5.41, 5.74) is 2.65. The fraction of sp³-hybridized carbons (Fsp3) is 0.278. The van der Waals surface area contributed by atoms with E-state index in [1.807, 2.05) is 18.2 Å². The zero-order valence-electron chi connectivity index (χ0n) is 12.7. The Morgan fingerprint density at radius 2 is 1.96 bits per heavy atom. The third-order valence-electron chi connectivity index (χ3n) is 4.01. The van der Waals surface area contributed by atoms with Crippen molar-refractivity contribution in [1.29, 1.82) is 5.26 Å². The number of nitrogens with zero attached hydrogens (tertiary/aromatic N) is 3. The number of nitrogens with one attached hydrogen (secondary N) is 2. The normalized spacial score (nSPS) is 14.0. The Labute approximate surface area is 135 Å². The van der Waals surface area contributed by atoms with Gasteiger partial charge in [0.15, 0.2) is 5.69 Å². The van der Waals surface area contributed by atoms with Crippen LogP contribution in [0.3, 0.4) is 0 Å². The van der Waals surface area contributed by atoms with Crippen LogP contribution in [-0.2, 0) is 0 Å². The topological polar surface area (TPSA) is 65.1 Å². The lowest BCUT2D eigenvalue weighted by Crippen LogP contribution is -2.15. The summed E-state index contributed by atoms with van der Waals surface area (Å²) >= 11 is 0. The summed E-state index contributed by atoms with van der Waals surface area (Å²) in [5, 5.41) is 15.9. The molecule has 1 aromatic carbocycles. The minimum absolute atomic E-state index is 0.473. The Morgan fingerprint density at radius 3 is 2.61 bits per heavy atom. The number of anilines is 3. The molecule has 0 amide bonds. The molecule has 0 aliphatic heterocycles. The van der Waals surface area contributed by atoms with E-state index in [1.54, 1.807) is 18.3 Å². The molecule has 1 fully saturated rings. The van der Waals surface area contributed by atoms with Gasteiger partial charge in [0.1, 0.15) is 11.9 Å². The van der Waals surface area contributed by atoms with Crippen molar-refractivity contribution in [3.05, 3.63) is 53.5 Å². The van der Waals surface area contributed by atoms with Crippen LogP contribution in [0.2, 0.25) is 0 Å². The third kappa shape index (κ3) is 3.59. The molecule has 1 saturated carbocycles. The first-order chi connectivity index (χ1) is 11.3. The summed E-state index contributed by atoms with van der Waals surface area (Å²) in [7, 11) is 0. The van der Waals surface area contributed by atoms with Gasteiger partial charge < -0.3 is 10.6 Å². The SMILES string of the molecule is [C-]#[N+]c1ccc(Nc2cc(NC3CCCC3)ncc2C#N)cc1. The molecule has 0 spiro atoms. The highest BCUT2D eigenvalue weighted by Crippen LogP contribution is 2.26. The summed E-state index contributed by atoms with van der Waals surface area (Å²) in [6.07, 6.45) is 6.44. The number of hydrogen-bond donors (Lipinski definition) is 2. The smallest absolute Gasteiger partial charge is 0.187 e. The summed E-state index contributed by atoms with van der Waals surface area (Å²) in [4.78, 5) is 7.70. The minimum atomic E-state index is 0.473. The molecule has 3 rings (SSSR count). The zero-order valence-corrected chi connectivity index (χ0v) is 12.7. The van der Waals surface area contributed by atoms with Crippen molar-refractivity contribution < 1.29 is 0 Å². The number of hydrogen-bond acceptors (Lipinski definition) is 4. The van der Waals surface area contributed by atoms with Crippen LogP contribution < -0.4 is 10.6 Å². The van der Waals surface area contributed by atoms with Gasteiger partial charge in [0, 0.05) is 24.0 Å². The fourth-order valence-electron chi connectivity index (χ4n) is 2.78. The van der Waals surface area contributed by atoms with Gasteiger partial charge in [0.25, 0.3) is 0 Å². The lowest BCUT2D eigenvalue weighted by Gasteiger charge is -2.15. The Balaban J connectivity index is 1.80. The van der Waals surface area contributed by atoms with Gasteiger partial charge in [0.2, 0.25) is 0 Å². The Morgan fingerprint density at radius 1 is 1.22 bits per heavy atom. The molecule has 1 aliphatic carbocycles. The van der Waals surface area contributed by atoms with Crippen LogP contribution in [-0.4, -0.2) is 11.0 Å². The van der Waals surface area contributed by atoms with Gasteiger partial charge in [-0.15, -0.1) is 0 Å². The molecule has 0 unspecified atom stereocenters. The van der Waals surface area contributed by atoms with Crippen molar-refractivity contribution >= 4 is 22.9 Å². The molecular weight excluding hydrogens is 286 g/mol. The summed E-state index contributed by atoms with van der Waals surface area (Å²) in [6, 6.07) is 11.7. The number of benzene rings is 1. The average molecular weight is 303 g/mol. The van der Waals surface area contributed by atoms with Crippen molar-refractivity contribution in [3.63, 3.8) is 0 Å². The molecule has 1 aromatic heterocycles. The molecule has 23 heavy (non-hydrogen) atoms. The number of nitriles is 1. The highest BCUT2D eigenvalue weighted by atomic mass is 15.0. The maximum Gasteiger partial charge on any atom is 0.187 e. The molecule has 5 nitrogen and oxygen atoms in total. The van der Waals surface area contributed by atoms with E-state index < -0.39 is 0 Å². The van der Waals surface area contributed by atoms with Crippen LogP contribution in [0.1, 0.15) is 31.2 Å². The van der Waals surface area contributed by atoms with Gasteiger partial charge in [0.05, 0.1) is 17.8 Å². The molecule has 0 atom stereocenters. The fourth-order valence-corrected chi connectivity index (χ4v) is 2.78. The largest absolute Gasteiger partial charge is 0.367 e. The van der Waals surface area contributed by atoms with Gasteiger partial charge >= 0.3 is 0 Å². The van der Waals surface area contributed by atoms with Crippen LogP contribution >= 0.6 is 0 Å². The van der Waals surface area contributed by atoms with Crippen LogP contribution in [0, 0.1) is 17.9 Å². The maximum atomic E-state index is 9.26. The van der Waals surface area contributed by atoms with Crippen LogP contribution in [0.5, 0.6) is 0 Å². The molecule has 5 heteroatoms. The standard InChI is InChI=1S/C18H17N5/c1-20-14-6-8-16(9-7-14)22-17-10-18(21-12-13(17)11-19)23-15-4-2-3-5-15/h6-10,12,15H,2-5H2,(H2,21,22,23). The highest BCUT2D eigenvalue weighted by molar-refractivity contribution is 5.70.